The van der Waals surface area contributed by atoms with Crippen LogP contribution in [0.15, 0.2) is 0 Å². The largest absolute Gasteiger partial charge is 0.466 e. The highest BCUT2D eigenvalue weighted by Crippen LogP contribution is 2.29. The monoisotopic (exact) mass is 186 g/mol. The number of aliphatic hydroxyl groups excluding tert-OH is 1. The number of hydrogen-bond acceptors (Lipinski definition) is 3. The van der Waals surface area contributed by atoms with E-state index in [-0.39, 0.29) is 18.5 Å². The van der Waals surface area contributed by atoms with Crippen LogP contribution in [0.3, 0.4) is 0 Å². The van der Waals surface area contributed by atoms with Crippen molar-refractivity contribution in [3.8, 4) is 0 Å². The van der Waals surface area contributed by atoms with Crippen LogP contribution in [0.1, 0.15) is 32.6 Å². The van der Waals surface area contributed by atoms with Crippen molar-refractivity contribution in [1.82, 2.24) is 0 Å². The molecule has 3 heteroatoms. The van der Waals surface area contributed by atoms with Crippen molar-refractivity contribution < 1.29 is 14.6 Å². The van der Waals surface area contributed by atoms with Gasteiger partial charge in [0.05, 0.1) is 12.5 Å². The summed E-state index contributed by atoms with van der Waals surface area (Å²) in [6, 6.07) is 0. The Balaban J connectivity index is 2.37. The van der Waals surface area contributed by atoms with Gasteiger partial charge in [-0.1, -0.05) is 6.42 Å². The molecule has 0 amide bonds. The fraction of sp³-hybridized carbons (Fsp3) is 0.900. The molecule has 0 unspecified atom stereocenters. The molecule has 0 bridgehead atoms. The van der Waals surface area contributed by atoms with Gasteiger partial charge in [-0.3, -0.25) is 4.79 Å². The molecule has 3 nitrogen and oxygen atoms in total. The summed E-state index contributed by atoms with van der Waals surface area (Å²) < 4.78 is 4.95. The Morgan fingerprint density at radius 1 is 1.54 bits per heavy atom. The number of rotatable bonds is 3. The van der Waals surface area contributed by atoms with Crippen LogP contribution < -0.4 is 0 Å². The first-order valence-electron chi connectivity index (χ1n) is 5.05. The van der Waals surface area contributed by atoms with Crippen molar-refractivity contribution >= 4 is 5.97 Å². The van der Waals surface area contributed by atoms with Crippen molar-refractivity contribution in [2.45, 2.75) is 32.6 Å². The van der Waals surface area contributed by atoms with Gasteiger partial charge in [-0.05, 0) is 32.1 Å². The third kappa shape index (κ3) is 2.99. The van der Waals surface area contributed by atoms with Crippen LogP contribution in [0, 0.1) is 11.8 Å². The normalized spacial score (nSPS) is 28.5. The van der Waals surface area contributed by atoms with Gasteiger partial charge in [0.25, 0.3) is 0 Å². The zero-order valence-corrected chi connectivity index (χ0v) is 8.16. The molecular formula is C10H18O3. The molecule has 13 heavy (non-hydrogen) atoms. The van der Waals surface area contributed by atoms with Gasteiger partial charge in [-0.2, -0.15) is 0 Å². The van der Waals surface area contributed by atoms with Crippen molar-refractivity contribution in [2.75, 3.05) is 13.2 Å². The summed E-state index contributed by atoms with van der Waals surface area (Å²) in [6.45, 7) is 2.49. The smallest absolute Gasteiger partial charge is 0.308 e. The van der Waals surface area contributed by atoms with E-state index in [9.17, 15) is 4.79 Å². The summed E-state index contributed by atoms with van der Waals surface area (Å²) >= 11 is 0. The molecule has 1 N–H and O–H groups in total. The molecule has 0 aromatic carbocycles. The Bertz CT molecular complexity index is 168. The van der Waals surface area contributed by atoms with Gasteiger partial charge < -0.3 is 9.84 Å². The molecule has 0 spiro atoms. The van der Waals surface area contributed by atoms with Gasteiger partial charge in [0, 0.05) is 6.61 Å². The highest BCUT2D eigenvalue weighted by atomic mass is 16.5. The summed E-state index contributed by atoms with van der Waals surface area (Å²) in [4.78, 5) is 11.4. The van der Waals surface area contributed by atoms with E-state index in [1.54, 1.807) is 0 Å². The summed E-state index contributed by atoms with van der Waals surface area (Å²) in [7, 11) is 0. The fourth-order valence-electron chi connectivity index (χ4n) is 1.93. The Hall–Kier alpha value is -0.570. The summed E-state index contributed by atoms with van der Waals surface area (Å²) in [5, 5.41) is 8.97. The molecule has 0 radical (unpaired) electrons. The molecule has 1 fully saturated rings. The van der Waals surface area contributed by atoms with E-state index >= 15 is 0 Å². The second-order valence-electron chi connectivity index (χ2n) is 3.66. The number of carbonyl (C=O) groups excluding carboxylic acids is 1. The van der Waals surface area contributed by atoms with Crippen molar-refractivity contribution in [3.05, 3.63) is 0 Å². The Morgan fingerprint density at radius 3 is 2.92 bits per heavy atom. The molecule has 76 valence electrons. The molecule has 0 heterocycles. The third-order valence-corrected chi connectivity index (χ3v) is 2.66. The van der Waals surface area contributed by atoms with Crippen LogP contribution >= 0.6 is 0 Å². The lowest BCUT2D eigenvalue weighted by molar-refractivity contribution is -0.149. The van der Waals surface area contributed by atoms with E-state index in [0.717, 1.165) is 25.7 Å². The first-order valence-corrected chi connectivity index (χ1v) is 5.05. The molecule has 1 rings (SSSR count). The molecule has 1 aliphatic carbocycles. The molecule has 1 saturated carbocycles. The Morgan fingerprint density at radius 2 is 2.31 bits per heavy atom. The van der Waals surface area contributed by atoms with Gasteiger partial charge in [0.2, 0.25) is 0 Å². The van der Waals surface area contributed by atoms with Crippen LogP contribution in [0.5, 0.6) is 0 Å². The molecular weight excluding hydrogens is 168 g/mol. The topological polar surface area (TPSA) is 46.5 Å². The lowest BCUT2D eigenvalue weighted by atomic mass is 9.82. The van der Waals surface area contributed by atoms with Crippen LogP contribution in [0.2, 0.25) is 0 Å². The predicted octanol–water partition coefficient (Wildman–Crippen LogP) is 1.35. The highest BCUT2D eigenvalue weighted by molar-refractivity contribution is 5.72. The molecule has 0 aromatic heterocycles. The van der Waals surface area contributed by atoms with E-state index in [4.69, 9.17) is 9.84 Å². The quantitative estimate of drug-likeness (QED) is 0.677. The average molecular weight is 186 g/mol. The standard InChI is InChI=1S/C10H18O3/c1-2-13-10(12)9-5-3-4-8(6-9)7-11/h8-9,11H,2-7H2,1H3/t8-,9-/m0/s1. The second-order valence-corrected chi connectivity index (χ2v) is 3.66. The van der Waals surface area contributed by atoms with Crippen molar-refractivity contribution in [2.24, 2.45) is 11.8 Å². The van der Waals surface area contributed by atoms with E-state index in [0.29, 0.717) is 12.5 Å². The molecule has 0 saturated heterocycles. The minimum Gasteiger partial charge on any atom is -0.466 e. The van der Waals surface area contributed by atoms with Gasteiger partial charge in [0.15, 0.2) is 0 Å². The number of ether oxygens (including phenoxy) is 1. The number of esters is 1. The van der Waals surface area contributed by atoms with Crippen molar-refractivity contribution in [1.29, 1.82) is 0 Å². The minimum atomic E-state index is -0.0827. The SMILES string of the molecule is CCOC(=O)[C@H]1CCC[C@H](CO)C1. The molecule has 1 aliphatic rings. The van der Waals surface area contributed by atoms with E-state index in [1.165, 1.54) is 0 Å². The number of hydrogen-bond donors (Lipinski definition) is 1. The Kier molecular flexibility index (Phi) is 4.22. The van der Waals surface area contributed by atoms with E-state index in [2.05, 4.69) is 0 Å². The number of aliphatic hydroxyl groups is 1. The second kappa shape index (κ2) is 5.22. The maximum atomic E-state index is 11.4. The van der Waals surface area contributed by atoms with Crippen LogP contribution in [0.25, 0.3) is 0 Å². The first-order chi connectivity index (χ1) is 6.27. The van der Waals surface area contributed by atoms with Gasteiger partial charge in [-0.15, -0.1) is 0 Å². The van der Waals surface area contributed by atoms with Gasteiger partial charge in [0.1, 0.15) is 0 Å². The number of carbonyl (C=O) groups is 1. The van der Waals surface area contributed by atoms with Crippen LogP contribution in [0.4, 0.5) is 0 Å². The lowest BCUT2D eigenvalue weighted by Crippen LogP contribution is -2.26. The van der Waals surface area contributed by atoms with Crippen LogP contribution in [-0.4, -0.2) is 24.3 Å². The third-order valence-electron chi connectivity index (χ3n) is 2.66. The zero-order chi connectivity index (χ0) is 9.68. The van der Waals surface area contributed by atoms with Gasteiger partial charge in [-0.25, -0.2) is 0 Å². The molecule has 2 atom stereocenters. The van der Waals surface area contributed by atoms with E-state index < -0.39 is 0 Å². The molecule has 0 aliphatic heterocycles. The van der Waals surface area contributed by atoms with Crippen molar-refractivity contribution in [3.63, 3.8) is 0 Å². The zero-order valence-electron chi connectivity index (χ0n) is 8.16. The molecule has 0 aromatic rings. The summed E-state index contributed by atoms with van der Waals surface area (Å²) in [5.41, 5.74) is 0. The van der Waals surface area contributed by atoms with Crippen LogP contribution in [-0.2, 0) is 9.53 Å². The summed E-state index contributed by atoms with van der Waals surface area (Å²) in [5.74, 6) is 0.259. The first kappa shape index (κ1) is 10.5. The minimum absolute atomic E-state index is 0.0332. The fourth-order valence-corrected chi connectivity index (χ4v) is 1.93. The average Bonchev–Trinajstić information content (AvgIpc) is 2.18. The van der Waals surface area contributed by atoms with E-state index in [1.807, 2.05) is 6.92 Å². The van der Waals surface area contributed by atoms with Gasteiger partial charge >= 0.3 is 5.97 Å². The predicted molar refractivity (Wildman–Crippen MR) is 49.2 cm³/mol. The lowest BCUT2D eigenvalue weighted by Gasteiger charge is -2.26. The maximum Gasteiger partial charge on any atom is 0.308 e. The summed E-state index contributed by atoms with van der Waals surface area (Å²) in [6.07, 6.45) is 3.81. The highest BCUT2D eigenvalue weighted by Gasteiger charge is 2.27. The Labute approximate surface area is 79.1 Å². The maximum absolute atomic E-state index is 11.4.